The predicted molar refractivity (Wildman–Crippen MR) is 459 cm³/mol. The Kier molecular flexibility index (Phi) is 16.3. The van der Waals surface area contributed by atoms with E-state index >= 15 is 0 Å². The highest BCUT2D eigenvalue weighted by atomic mass is 15.3. The van der Waals surface area contributed by atoms with Crippen LogP contribution in [0, 0.1) is 0 Å². The molecule has 0 spiro atoms. The van der Waals surface area contributed by atoms with Gasteiger partial charge in [0.15, 0.2) is 0 Å². The van der Waals surface area contributed by atoms with Crippen LogP contribution in [-0.4, -0.2) is 9.97 Å². The van der Waals surface area contributed by atoms with Crippen LogP contribution in [0.2, 0.25) is 0 Å². The molecule has 1 aromatic heterocycles. The lowest BCUT2D eigenvalue weighted by atomic mass is 9.96. The third-order valence-corrected chi connectivity index (χ3v) is 21.0. The first kappa shape index (κ1) is 64.6. The van der Waals surface area contributed by atoms with Crippen LogP contribution in [0.3, 0.4) is 0 Å². The van der Waals surface area contributed by atoms with E-state index in [0.29, 0.717) is 0 Å². The summed E-state index contributed by atoms with van der Waals surface area (Å²) < 4.78 is 0. The van der Waals surface area contributed by atoms with Crippen molar-refractivity contribution >= 4 is 169 Å². The molecule has 0 atom stereocenters. The van der Waals surface area contributed by atoms with Gasteiger partial charge in [-0.05, 0) is 229 Å². The van der Waals surface area contributed by atoms with Crippen LogP contribution in [0.15, 0.2) is 425 Å². The van der Waals surface area contributed by atoms with Gasteiger partial charge in [-0.25, -0.2) is 0 Å². The van der Waals surface area contributed by atoms with Gasteiger partial charge in [-0.3, -0.25) is 9.97 Å². The molecule has 0 saturated carbocycles. The molecule has 2 aliphatic rings. The van der Waals surface area contributed by atoms with Gasteiger partial charge in [-0.1, -0.05) is 194 Å². The van der Waals surface area contributed by atoms with Crippen LogP contribution in [0.25, 0.3) is 32.6 Å². The van der Waals surface area contributed by atoms with E-state index in [1.165, 1.54) is 0 Å². The molecular formula is C100H70N10. The fraction of sp³-hybridized carbons (Fsp3) is 0. The second kappa shape index (κ2) is 27.8. The Bertz CT molecular complexity index is 5550. The Morgan fingerprint density at radius 1 is 0.155 bits per heavy atom. The van der Waals surface area contributed by atoms with Gasteiger partial charge in [-0.15, -0.1) is 0 Å². The zero-order valence-corrected chi connectivity index (χ0v) is 59.9. The Balaban J connectivity index is 0.827. The van der Waals surface area contributed by atoms with Crippen LogP contribution in [0.1, 0.15) is 0 Å². The number of hydrogen-bond acceptors (Lipinski definition) is 10. The summed E-state index contributed by atoms with van der Waals surface area (Å²) in [5.74, 6) is 0. The van der Waals surface area contributed by atoms with Crippen LogP contribution in [0.5, 0.6) is 0 Å². The SMILES string of the molecule is c1ccc(N(c2ccccc2)c2ccc3c(c2)N(c2ccccc2)c2cc(N(c4ccccc4)c4ccccc4)ccc2N3c2ccc3c(c2)c2cc(N4c5ccc(N(c6ccccc6)c6ccccc6)cc5N(c5ccccc5)c5cc(N(c6ccccc6)c6ccccc6)ccc54)ccc2c2nccnc32)cc1. The maximum atomic E-state index is 5.19. The molecule has 20 rings (SSSR count). The average Bonchev–Trinajstić information content (AvgIpc) is 0.720. The largest absolute Gasteiger partial charge is 0.310 e. The molecule has 0 amide bonds. The van der Waals surface area contributed by atoms with Crippen LogP contribution in [0.4, 0.5) is 136 Å². The molecule has 18 aromatic rings. The monoisotopic (exact) mass is 1410 g/mol. The van der Waals surface area contributed by atoms with Crippen molar-refractivity contribution in [2.45, 2.75) is 0 Å². The summed E-state index contributed by atoms with van der Waals surface area (Å²) in [4.78, 5) is 29.6. The van der Waals surface area contributed by atoms with Crippen molar-refractivity contribution in [3.05, 3.63) is 425 Å². The maximum absolute atomic E-state index is 5.19. The zero-order chi connectivity index (χ0) is 72.9. The van der Waals surface area contributed by atoms with E-state index in [0.717, 1.165) is 169 Å². The first-order chi connectivity index (χ1) is 54.6. The molecule has 0 bridgehead atoms. The minimum atomic E-state index is 0.831. The number of fused-ring (bicyclic) bond motifs is 10. The topological polar surface area (TPSA) is 51.7 Å². The second-order valence-corrected chi connectivity index (χ2v) is 27.4. The highest BCUT2D eigenvalue weighted by Crippen LogP contribution is 2.60. The standard InChI is InChI=1S/C100H70N10/c1-11-31-71(32-12-1)103(72-33-13-2-14-34-72)83-53-59-91-95(67-83)107(79-47-27-9-28-48-79)96-68-84(104(73-35-15-3-16-36-73)74-37-17-4-18-38-74)54-60-92(96)109(91)81-51-57-87-89(65-81)90-66-82(52-58-88(90)100-99(87)101-63-64-102-100)110-93-61-55-85(105(75-39-19-5-20-40-75)76-41-21-6-22-42-76)69-97(93)108(80-49-29-10-30-50-80)98-70-86(56-62-94(98)110)106(77-43-23-7-24-44-77)78-45-25-8-26-46-78/h1-70H. The number of aromatic nitrogens is 2. The van der Waals surface area contributed by atoms with E-state index in [1.54, 1.807) is 0 Å². The molecule has 0 fully saturated rings. The normalized spacial score (nSPS) is 12.1. The number of nitrogens with zero attached hydrogens (tertiary/aromatic N) is 10. The summed E-state index contributed by atoms with van der Waals surface area (Å²) in [5.41, 5.74) is 26.1. The number of benzene rings is 17. The predicted octanol–water partition coefficient (Wildman–Crippen LogP) is 28.3. The Hall–Kier alpha value is -15.0. The van der Waals surface area contributed by atoms with Crippen molar-refractivity contribution in [3.8, 4) is 0 Å². The smallest absolute Gasteiger partial charge is 0.0971 e. The molecule has 17 aromatic carbocycles. The quantitative estimate of drug-likeness (QED) is 0.0875. The third-order valence-electron chi connectivity index (χ3n) is 21.0. The minimum absolute atomic E-state index is 0.831. The molecule has 0 N–H and O–H groups in total. The van der Waals surface area contributed by atoms with E-state index in [-0.39, 0.29) is 0 Å². The van der Waals surface area contributed by atoms with Crippen molar-refractivity contribution in [1.29, 1.82) is 0 Å². The highest BCUT2D eigenvalue weighted by Gasteiger charge is 2.36. The summed E-state index contributed by atoms with van der Waals surface area (Å²) in [6.07, 6.45) is 3.64. The van der Waals surface area contributed by atoms with Gasteiger partial charge in [0, 0.05) is 114 Å². The minimum Gasteiger partial charge on any atom is -0.310 e. The van der Waals surface area contributed by atoms with Crippen LogP contribution < -0.4 is 39.2 Å². The van der Waals surface area contributed by atoms with Crippen LogP contribution in [-0.2, 0) is 0 Å². The van der Waals surface area contributed by atoms with Gasteiger partial charge in [0.2, 0.25) is 0 Å². The molecule has 10 nitrogen and oxygen atoms in total. The Morgan fingerprint density at radius 3 is 0.591 bits per heavy atom. The fourth-order valence-electron chi connectivity index (χ4n) is 16.2. The number of anilines is 24. The lowest BCUT2D eigenvalue weighted by Gasteiger charge is -2.42. The Labute approximate surface area is 639 Å². The number of para-hydroxylation sites is 10. The highest BCUT2D eigenvalue weighted by molar-refractivity contribution is 6.25. The van der Waals surface area contributed by atoms with Crippen molar-refractivity contribution < 1.29 is 0 Å². The first-order valence-electron chi connectivity index (χ1n) is 37.2. The summed E-state index contributed by atoms with van der Waals surface area (Å²) in [6, 6.07) is 149. The van der Waals surface area contributed by atoms with Gasteiger partial charge >= 0.3 is 0 Å². The number of rotatable bonds is 16. The lowest BCUT2D eigenvalue weighted by Crippen LogP contribution is -2.25. The van der Waals surface area contributed by atoms with E-state index < -0.39 is 0 Å². The summed E-state index contributed by atoms with van der Waals surface area (Å²) in [6.45, 7) is 0. The van der Waals surface area contributed by atoms with Gasteiger partial charge in [0.25, 0.3) is 0 Å². The molecule has 3 heterocycles. The van der Waals surface area contributed by atoms with E-state index in [9.17, 15) is 0 Å². The van der Waals surface area contributed by atoms with Crippen molar-refractivity contribution in [1.82, 2.24) is 9.97 Å². The third kappa shape index (κ3) is 11.5. The Morgan fingerprint density at radius 2 is 0.364 bits per heavy atom. The molecule has 110 heavy (non-hydrogen) atoms. The van der Waals surface area contributed by atoms with E-state index in [4.69, 9.17) is 9.97 Å². The average molecular weight is 1410 g/mol. The summed E-state index contributed by atoms with van der Waals surface area (Å²) in [7, 11) is 0. The van der Waals surface area contributed by atoms with Crippen molar-refractivity contribution in [3.63, 3.8) is 0 Å². The molecule has 0 unspecified atom stereocenters. The van der Waals surface area contributed by atoms with Crippen molar-refractivity contribution in [2.75, 3.05) is 39.2 Å². The van der Waals surface area contributed by atoms with Crippen molar-refractivity contribution in [2.24, 2.45) is 0 Å². The molecule has 0 aliphatic carbocycles. The molecule has 2 aliphatic heterocycles. The zero-order valence-electron chi connectivity index (χ0n) is 59.9. The molecular weight excluding hydrogens is 1340 g/mol. The molecule has 520 valence electrons. The molecule has 0 saturated heterocycles. The molecule has 0 radical (unpaired) electrons. The van der Waals surface area contributed by atoms with Gasteiger partial charge in [0.1, 0.15) is 0 Å². The van der Waals surface area contributed by atoms with E-state index in [1.807, 2.05) is 12.4 Å². The summed E-state index contributed by atoms with van der Waals surface area (Å²) in [5, 5.41) is 4.05. The molecule has 10 heteroatoms. The lowest BCUT2D eigenvalue weighted by molar-refractivity contribution is 1.16. The van der Waals surface area contributed by atoms with Crippen LogP contribution >= 0.6 is 0 Å². The maximum Gasteiger partial charge on any atom is 0.0971 e. The number of hydrogen-bond donors (Lipinski definition) is 0. The first-order valence-corrected chi connectivity index (χ1v) is 37.2. The van der Waals surface area contributed by atoms with E-state index in [2.05, 4.69) is 452 Å². The second-order valence-electron chi connectivity index (χ2n) is 27.4. The van der Waals surface area contributed by atoms with Gasteiger partial charge in [-0.2, -0.15) is 0 Å². The van der Waals surface area contributed by atoms with Gasteiger partial charge in [0.05, 0.1) is 56.5 Å². The summed E-state index contributed by atoms with van der Waals surface area (Å²) >= 11 is 0. The van der Waals surface area contributed by atoms with Gasteiger partial charge < -0.3 is 39.2 Å². The fourth-order valence-corrected chi connectivity index (χ4v) is 16.2.